The highest BCUT2D eigenvalue weighted by molar-refractivity contribution is 7.52. The zero-order chi connectivity index (χ0) is 14.5. The van der Waals surface area contributed by atoms with Crippen LogP contribution >= 0.6 is 7.60 Å². The highest BCUT2D eigenvalue weighted by Crippen LogP contribution is 2.55. The molecule has 1 atom stereocenters. The molecule has 0 spiro atoms. The van der Waals surface area contributed by atoms with Gasteiger partial charge in [-0.25, -0.2) is 4.98 Å². The van der Waals surface area contributed by atoms with Gasteiger partial charge in [0, 0.05) is 6.20 Å². The van der Waals surface area contributed by atoms with Crippen molar-refractivity contribution >= 4 is 7.60 Å². The van der Waals surface area contributed by atoms with E-state index in [0.29, 0.717) is 12.0 Å². The summed E-state index contributed by atoms with van der Waals surface area (Å²) >= 11 is 0. The van der Waals surface area contributed by atoms with Crippen LogP contribution in [0.4, 0.5) is 0 Å². The minimum atomic E-state index is -4.25. The Kier molecular flexibility index (Phi) is 5.68. The Hall–Kier alpha value is -1.21. The average molecular weight is 282 g/mol. The fraction of sp³-hybridized carbons (Fsp3) is 0.538. The molecule has 0 aliphatic carbocycles. The molecular weight excluding hydrogens is 263 g/mol. The minimum absolute atomic E-state index is 0.181. The number of nitrogens with zero attached hydrogens (tertiary/aromatic N) is 2. The second kappa shape index (κ2) is 6.81. The molecule has 0 bridgehead atoms. The van der Waals surface area contributed by atoms with Crippen molar-refractivity contribution in [2.75, 3.05) is 0 Å². The van der Waals surface area contributed by atoms with Gasteiger partial charge in [0.15, 0.2) is 0 Å². The largest absolute Gasteiger partial charge is 0.332 e. The lowest BCUT2D eigenvalue weighted by Gasteiger charge is -2.23. The first-order valence-electron chi connectivity index (χ1n) is 6.33. The number of rotatable bonds is 6. The Bertz CT molecular complexity index is 503. The topological polar surface area (TPSA) is 94.2 Å². The number of nitriles is 1. The highest BCUT2D eigenvalue weighted by atomic mass is 31.2. The predicted octanol–water partition coefficient (Wildman–Crippen LogP) is 3.00. The van der Waals surface area contributed by atoms with Gasteiger partial charge in [-0.15, -0.1) is 0 Å². The normalized spacial score (nSPS) is 13.3. The second-order valence-corrected chi connectivity index (χ2v) is 6.41. The van der Waals surface area contributed by atoms with Gasteiger partial charge in [0.05, 0.1) is 5.66 Å². The fourth-order valence-electron chi connectivity index (χ4n) is 2.12. The molecule has 6 heteroatoms. The van der Waals surface area contributed by atoms with E-state index in [1.165, 1.54) is 12.3 Å². The minimum Gasteiger partial charge on any atom is -0.324 e. The maximum Gasteiger partial charge on any atom is 0.332 e. The van der Waals surface area contributed by atoms with Crippen molar-refractivity contribution in [1.82, 2.24) is 4.98 Å². The monoisotopic (exact) mass is 282 g/mol. The summed E-state index contributed by atoms with van der Waals surface area (Å²) in [4.78, 5) is 22.9. The lowest BCUT2D eigenvalue weighted by Crippen LogP contribution is -2.08. The van der Waals surface area contributed by atoms with E-state index in [0.717, 1.165) is 12.8 Å². The number of pyridine rings is 1. The molecule has 0 aromatic carbocycles. The quantitative estimate of drug-likeness (QED) is 0.782. The van der Waals surface area contributed by atoms with Crippen LogP contribution in [0, 0.1) is 17.2 Å². The summed E-state index contributed by atoms with van der Waals surface area (Å²) in [6.07, 6.45) is 3.60. The molecule has 0 aliphatic heterocycles. The smallest absolute Gasteiger partial charge is 0.324 e. The number of aromatic nitrogens is 1. The van der Waals surface area contributed by atoms with Gasteiger partial charge in [0.25, 0.3) is 0 Å². The van der Waals surface area contributed by atoms with Crippen LogP contribution in [0.15, 0.2) is 18.3 Å². The van der Waals surface area contributed by atoms with Gasteiger partial charge in [-0.1, -0.05) is 26.7 Å². The van der Waals surface area contributed by atoms with Crippen LogP contribution in [0.5, 0.6) is 0 Å². The molecule has 2 N–H and O–H groups in total. The fourth-order valence-corrected chi connectivity index (χ4v) is 3.24. The van der Waals surface area contributed by atoms with Gasteiger partial charge < -0.3 is 9.79 Å². The molecule has 19 heavy (non-hydrogen) atoms. The maximum atomic E-state index is 11.7. The molecule has 0 amide bonds. The van der Waals surface area contributed by atoms with Gasteiger partial charge in [0.2, 0.25) is 0 Å². The van der Waals surface area contributed by atoms with Gasteiger partial charge in [-0.2, -0.15) is 5.26 Å². The van der Waals surface area contributed by atoms with Crippen LogP contribution in [0.1, 0.15) is 50.0 Å². The van der Waals surface area contributed by atoms with Crippen LogP contribution in [0.2, 0.25) is 0 Å². The van der Waals surface area contributed by atoms with Crippen LogP contribution < -0.4 is 0 Å². The molecule has 1 rings (SSSR count). The van der Waals surface area contributed by atoms with Crippen molar-refractivity contribution in [3.8, 4) is 6.07 Å². The van der Waals surface area contributed by atoms with Crippen molar-refractivity contribution < 1.29 is 14.4 Å². The SMILES string of the molecule is CCC(CC)CC(c1ccnc(C#N)c1)P(=O)(O)O. The molecule has 0 fully saturated rings. The van der Waals surface area contributed by atoms with E-state index in [1.807, 2.05) is 19.9 Å². The molecule has 0 saturated carbocycles. The third-order valence-electron chi connectivity index (χ3n) is 3.40. The van der Waals surface area contributed by atoms with Crippen molar-refractivity contribution in [2.24, 2.45) is 5.92 Å². The Morgan fingerprint density at radius 3 is 2.53 bits per heavy atom. The van der Waals surface area contributed by atoms with E-state index in [1.54, 1.807) is 6.07 Å². The second-order valence-electron chi connectivity index (χ2n) is 4.61. The van der Waals surface area contributed by atoms with E-state index < -0.39 is 13.3 Å². The van der Waals surface area contributed by atoms with Gasteiger partial charge in [0.1, 0.15) is 11.8 Å². The Labute approximate surface area is 113 Å². The first-order valence-corrected chi connectivity index (χ1v) is 8.01. The Morgan fingerprint density at radius 2 is 2.05 bits per heavy atom. The lowest BCUT2D eigenvalue weighted by molar-refractivity contribution is 0.338. The van der Waals surface area contributed by atoms with Crippen molar-refractivity contribution in [3.63, 3.8) is 0 Å². The summed E-state index contributed by atoms with van der Waals surface area (Å²) in [6.45, 7) is 4.02. The van der Waals surface area contributed by atoms with Crippen LogP contribution in [-0.2, 0) is 4.57 Å². The third kappa shape index (κ3) is 4.43. The zero-order valence-corrected chi connectivity index (χ0v) is 12.0. The predicted molar refractivity (Wildman–Crippen MR) is 72.4 cm³/mol. The summed E-state index contributed by atoms with van der Waals surface area (Å²) < 4.78 is 11.7. The average Bonchev–Trinajstić information content (AvgIpc) is 2.38. The third-order valence-corrected chi connectivity index (χ3v) is 4.72. The van der Waals surface area contributed by atoms with E-state index in [-0.39, 0.29) is 11.6 Å². The Morgan fingerprint density at radius 1 is 1.42 bits per heavy atom. The molecule has 1 heterocycles. The standard InChI is InChI=1S/C13H19N2O3P/c1-3-10(4-2)7-13(19(16,17)18)11-5-6-15-12(8-11)9-14/h5-6,8,10,13H,3-4,7H2,1-2H3,(H2,16,17,18). The van der Waals surface area contributed by atoms with Crippen LogP contribution in [0.3, 0.4) is 0 Å². The summed E-state index contributed by atoms with van der Waals surface area (Å²) in [5.41, 5.74) is -0.181. The van der Waals surface area contributed by atoms with Crippen molar-refractivity contribution in [2.45, 2.75) is 38.8 Å². The molecule has 1 unspecified atom stereocenters. The molecule has 1 aromatic rings. The van der Waals surface area contributed by atoms with Crippen LogP contribution in [0.25, 0.3) is 0 Å². The molecule has 1 aromatic heterocycles. The highest BCUT2D eigenvalue weighted by Gasteiger charge is 2.32. The molecule has 104 valence electrons. The van der Waals surface area contributed by atoms with Crippen molar-refractivity contribution in [1.29, 1.82) is 5.26 Å². The number of hydrogen-bond donors (Lipinski definition) is 2. The van der Waals surface area contributed by atoms with E-state index >= 15 is 0 Å². The summed E-state index contributed by atoms with van der Waals surface area (Å²) in [5.74, 6) is 0.260. The van der Waals surface area contributed by atoms with Gasteiger partial charge in [-0.3, -0.25) is 4.57 Å². The first-order chi connectivity index (χ1) is 8.92. The van der Waals surface area contributed by atoms with E-state index in [9.17, 15) is 14.4 Å². The lowest BCUT2D eigenvalue weighted by atomic mass is 9.94. The van der Waals surface area contributed by atoms with Gasteiger partial charge in [-0.05, 0) is 30.0 Å². The van der Waals surface area contributed by atoms with E-state index in [4.69, 9.17) is 5.26 Å². The molecule has 5 nitrogen and oxygen atoms in total. The van der Waals surface area contributed by atoms with Gasteiger partial charge >= 0.3 is 7.60 Å². The number of hydrogen-bond acceptors (Lipinski definition) is 3. The van der Waals surface area contributed by atoms with E-state index in [2.05, 4.69) is 4.98 Å². The maximum absolute atomic E-state index is 11.7. The van der Waals surface area contributed by atoms with Crippen LogP contribution in [-0.4, -0.2) is 14.8 Å². The summed E-state index contributed by atoms with van der Waals surface area (Å²) in [7, 11) is -4.25. The summed E-state index contributed by atoms with van der Waals surface area (Å²) in [6, 6.07) is 4.93. The van der Waals surface area contributed by atoms with Crippen molar-refractivity contribution in [3.05, 3.63) is 29.6 Å². The molecule has 0 radical (unpaired) electrons. The summed E-state index contributed by atoms with van der Waals surface area (Å²) in [5, 5.41) is 8.81. The molecular formula is C13H19N2O3P. The molecule has 0 aliphatic rings. The zero-order valence-electron chi connectivity index (χ0n) is 11.2. The first kappa shape index (κ1) is 15.8. The molecule has 0 saturated heterocycles. The Balaban J connectivity index is 3.10.